The summed E-state index contributed by atoms with van der Waals surface area (Å²) in [7, 11) is 0. The van der Waals surface area contributed by atoms with Crippen molar-refractivity contribution in [2.75, 3.05) is 0 Å². The molecule has 0 fully saturated rings. The van der Waals surface area contributed by atoms with Crippen LogP contribution in [0.5, 0.6) is 0 Å². The molecule has 0 atom stereocenters. The van der Waals surface area contributed by atoms with Gasteiger partial charge in [-0.1, -0.05) is 131 Å². The zero-order valence-electron chi connectivity index (χ0n) is 24.0. The summed E-state index contributed by atoms with van der Waals surface area (Å²) in [4.78, 5) is 51.1. The average Bonchev–Trinajstić information content (AvgIpc) is 3.49. The second-order valence-corrected chi connectivity index (χ2v) is 17.3. The summed E-state index contributed by atoms with van der Waals surface area (Å²) in [6.45, 7) is 9.93. The molecular weight excluding hydrogens is 641 g/mol. The summed E-state index contributed by atoms with van der Waals surface area (Å²) in [6, 6.07) is 20.5. The van der Waals surface area contributed by atoms with Crippen LogP contribution in [-0.2, 0) is 19.2 Å². The topological polar surface area (TPSA) is 68.3 Å². The van der Waals surface area contributed by atoms with Gasteiger partial charge in [-0.25, -0.2) is 0 Å². The number of ketones is 4. The smallest absolute Gasteiger partial charge is 0.150 e. The molecule has 0 unspecified atom stereocenters. The van der Waals surface area contributed by atoms with Crippen molar-refractivity contribution in [2.24, 2.45) is 0 Å². The maximum Gasteiger partial charge on any atom is 0.150 e. The molecule has 218 valence electrons. The number of benzene rings is 2. The number of carbonyl (C=O) groups is 4. The summed E-state index contributed by atoms with van der Waals surface area (Å²) >= 11 is 9.20. The Morgan fingerprint density at radius 1 is 0.524 bits per heavy atom. The van der Waals surface area contributed by atoms with Crippen molar-refractivity contribution in [1.29, 1.82) is 0 Å². The van der Waals surface area contributed by atoms with E-state index in [-0.39, 0.29) is 23.1 Å². The van der Waals surface area contributed by atoms with Crippen LogP contribution in [0.1, 0.15) is 52.7 Å². The molecule has 4 nitrogen and oxygen atoms in total. The molecule has 0 spiro atoms. The van der Waals surface area contributed by atoms with Gasteiger partial charge in [-0.15, -0.1) is 0 Å². The predicted molar refractivity (Wildman–Crippen MR) is 188 cm³/mol. The Morgan fingerprint density at radius 2 is 0.833 bits per heavy atom. The second kappa shape index (κ2) is 14.8. The van der Waals surface area contributed by atoms with Crippen LogP contribution in [0, 0.1) is 0 Å². The van der Waals surface area contributed by atoms with Crippen molar-refractivity contribution >= 4 is 105 Å². The number of rotatable bonds is 11. The fourth-order valence-electron chi connectivity index (χ4n) is 4.19. The first-order valence-electron chi connectivity index (χ1n) is 13.1. The Labute approximate surface area is 272 Å². The number of Topliss-reactive ketones (excluding diaryl/α,β-unsaturated/α-hetero) is 4. The van der Waals surface area contributed by atoms with E-state index in [0.717, 1.165) is 49.0 Å². The van der Waals surface area contributed by atoms with E-state index >= 15 is 0 Å². The first-order valence-corrected chi connectivity index (χ1v) is 18.1. The third kappa shape index (κ3) is 7.81. The maximum absolute atomic E-state index is 12.3. The van der Waals surface area contributed by atoms with E-state index in [0.29, 0.717) is 0 Å². The van der Waals surface area contributed by atoms with Crippen LogP contribution >= 0.6 is 70.6 Å². The molecule has 2 aliphatic rings. The van der Waals surface area contributed by atoms with Gasteiger partial charge in [-0.2, -0.15) is 0 Å². The van der Waals surface area contributed by atoms with E-state index in [2.05, 4.69) is 24.3 Å². The van der Waals surface area contributed by atoms with Crippen LogP contribution in [-0.4, -0.2) is 33.6 Å². The molecule has 2 aromatic carbocycles. The summed E-state index contributed by atoms with van der Waals surface area (Å²) in [6.07, 6.45) is 0. The highest BCUT2D eigenvalue weighted by Crippen LogP contribution is 2.62. The minimum Gasteiger partial charge on any atom is -0.298 e. The van der Waals surface area contributed by atoms with Gasteiger partial charge in [-0.05, 0) is 52.7 Å². The lowest BCUT2D eigenvalue weighted by atomic mass is 9.95. The molecule has 0 aromatic heterocycles. The minimum absolute atomic E-state index is 0.147. The number of carbonyl (C=O) groups excluding carboxylic acids is 4. The quantitative estimate of drug-likeness (QED) is 0.216. The first-order chi connectivity index (χ1) is 20.0. The van der Waals surface area contributed by atoms with E-state index in [4.69, 9.17) is 0 Å². The summed E-state index contributed by atoms with van der Waals surface area (Å²) in [5, 5.41) is -1.45. The molecule has 0 N–H and O–H groups in total. The van der Waals surface area contributed by atoms with Crippen LogP contribution in [0.15, 0.2) is 87.4 Å². The lowest BCUT2D eigenvalue weighted by Crippen LogP contribution is -2.22. The highest BCUT2D eigenvalue weighted by molar-refractivity contribution is 8.37. The van der Waals surface area contributed by atoms with Crippen molar-refractivity contribution < 1.29 is 19.2 Å². The molecule has 4 rings (SSSR count). The number of hydrogen-bond donors (Lipinski definition) is 0. The largest absolute Gasteiger partial charge is 0.298 e. The molecule has 0 bridgehead atoms. The Bertz CT molecular complexity index is 1410. The fourth-order valence-corrected chi connectivity index (χ4v) is 12.6. The monoisotopic (exact) mass is 670 g/mol. The van der Waals surface area contributed by atoms with E-state index < -0.39 is 10.5 Å². The molecule has 2 heterocycles. The van der Waals surface area contributed by atoms with Crippen molar-refractivity contribution in [2.45, 2.75) is 52.0 Å². The van der Waals surface area contributed by atoms with Gasteiger partial charge in [0.15, 0.2) is 23.1 Å². The molecule has 0 aliphatic carbocycles. The van der Waals surface area contributed by atoms with Gasteiger partial charge in [0.05, 0.1) is 16.9 Å². The van der Waals surface area contributed by atoms with Crippen LogP contribution in [0.3, 0.4) is 0 Å². The molecular formula is C32H30O4S6. The molecule has 10 heteroatoms. The zero-order valence-corrected chi connectivity index (χ0v) is 28.9. The highest BCUT2D eigenvalue weighted by Gasteiger charge is 2.33. The predicted octanol–water partition coefficient (Wildman–Crippen LogP) is 9.62. The van der Waals surface area contributed by atoms with Gasteiger partial charge < -0.3 is 0 Å². The summed E-state index contributed by atoms with van der Waals surface area (Å²) in [5.41, 5.74) is 4.24. The molecule has 2 aliphatic heterocycles. The van der Waals surface area contributed by atoms with Gasteiger partial charge >= 0.3 is 0 Å². The van der Waals surface area contributed by atoms with Gasteiger partial charge in [-0.3, -0.25) is 19.2 Å². The first kappa shape index (κ1) is 33.1. The van der Waals surface area contributed by atoms with Gasteiger partial charge in [0.2, 0.25) is 0 Å². The average molecular weight is 671 g/mol. The molecule has 0 radical (unpaired) electrons. The van der Waals surface area contributed by atoms with Crippen LogP contribution in [0.4, 0.5) is 0 Å². The molecule has 0 saturated heterocycles. The van der Waals surface area contributed by atoms with Crippen molar-refractivity contribution in [3.63, 3.8) is 0 Å². The number of hydrogen-bond acceptors (Lipinski definition) is 10. The van der Waals surface area contributed by atoms with E-state index in [1.807, 2.05) is 50.2 Å². The third-order valence-electron chi connectivity index (χ3n) is 6.15. The maximum atomic E-state index is 12.3. The number of allylic oxidation sites excluding steroid dienone is 4. The van der Waals surface area contributed by atoms with E-state index in [9.17, 15) is 19.2 Å². The fraction of sp³-hybridized carbons (Fsp3) is 0.250. The number of thioether (sulfide) groups is 6. The van der Waals surface area contributed by atoms with Crippen LogP contribution < -0.4 is 0 Å². The molecule has 2 aromatic rings. The van der Waals surface area contributed by atoms with Crippen LogP contribution in [0.2, 0.25) is 0 Å². The Morgan fingerprint density at radius 3 is 1.12 bits per heavy atom. The van der Waals surface area contributed by atoms with Gasteiger partial charge in [0.25, 0.3) is 0 Å². The van der Waals surface area contributed by atoms with Crippen molar-refractivity contribution in [3.05, 3.63) is 98.5 Å². The van der Waals surface area contributed by atoms with Crippen molar-refractivity contribution in [3.8, 4) is 0 Å². The third-order valence-corrected chi connectivity index (χ3v) is 15.1. The zero-order chi connectivity index (χ0) is 30.6. The molecule has 42 heavy (non-hydrogen) atoms. The lowest BCUT2D eigenvalue weighted by Gasteiger charge is -2.19. The van der Waals surface area contributed by atoms with E-state index in [1.54, 1.807) is 47.0 Å². The van der Waals surface area contributed by atoms with Gasteiger partial charge in [0.1, 0.15) is 10.5 Å². The second-order valence-electron chi connectivity index (χ2n) is 9.59. The van der Waals surface area contributed by atoms with Crippen molar-refractivity contribution in [1.82, 2.24) is 0 Å². The van der Waals surface area contributed by atoms with E-state index in [1.165, 1.54) is 51.2 Å². The lowest BCUT2D eigenvalue weighted by molar-refractivity contribution is -0.125. The summed E-state index contributed by atoms with van der Waals surface area (Å²) < 4.78 is 4.06. The van der Waals surface area contributed by atoms with Gasteiger partial charge in [0, 0.05) is 21.0 Å². The highest BCUT2D eigenvalue weighted by atomic mass is 32.2. The minimum atomic E-state index is -0.725. The molecule has 0 amide bonds. The SMILES string of the molecule is CC(=O)C(SC1=C(C)S/C(=C(\C(=C2/SC(C)=C(SC(C(C)=O)C(C)=O)S2)c2ccccc2)c2ccccc2)S1)C(C)=O. The standard InChI is InChI=1S/C32H30O4S6/c1-17(33)27(18(2)34)39-29-21(5)37-31(41-29)25(23-13-9-7-10-14-23)26(24-15-11-8-12-16-24)32-38-22(6)30(42-32)40-28(19(3)35)20(4)36/h7-16,27-28H,1-6H3/b31-25+,32-26+. The normalized spacial score (nSPS) is 17.8. The molecule has 0 saturated carbocycles. The Balaban J connectivity index is 1.85. The van der Waals surface area contributed by atoms with Crippen LogP contribution in [0.25, 0.3) is 11.1 Å². The Hall–Kier alpha value is -1.82. The summed E-state index contributed by atoms with van der Waals surface area (Å²) in [5.74, 6) is -0.589. The Kier molecular flexibility index (Phi) is 11.6.